The highest BCUT2D eigenvalue weighted by Gasteiger charge is 2.21. The zero-order chi connectivity index (χ0) is 14.2. The summed E-state index contributed by atoms with van der Waals surface area (Å²) in [5, 5.41) is 4.28. The third kappa shape index (κ3) is 2.50. The smallest absolute Gasteiger partial charge is 0.126 e. The Kier molecular flexibility index (Phi) is 3.64. The lowest BCUT2D eigenvalue weighted by molar-refractivity contribution is 0.564. The van der Waals surface area contributed by atoms with Crippen LogP contribution in [0.3, 0.4) is 0 Å². The average Bonchev–Trinajstić information content (AvgIpc) is 2.56. The van der Waals surface area contributed by atoms with Crippen LogP contribution < -0.4 is 11.3 Å². The van der Waals surface area contributed by atoms with Gasteiger partial charge in [-0.3, -0.25) is 10.5 Å². The molecule has 6 heteroatoms. The molecule has 0 aliphatic rings. The molecule has 1 aromatic carbocycles. The van der Waals surface area contributed by atoms with Crippen molar-refractivity contribution in [3.63, 3.8) is 0 Å². The quantitative estimate of drug-likeness (QED) is 0.658. The number of aryl methyl sites for hydroxylation is 2. The lowest BCUT2D eigenvalue weighted by Gasteiger charge is -2.17. The van der Waals surface area contributed by atoms with Crippen LogP contribution in [0.15, 0.2) is 18.2 Å². The van der Waals surface area contributed by atoms with Crippen LogP contribution in [0.25, 0.3) is 0 Å². The standard InChI is InChI=1S/C13H16F2N4/c1-7-12(8(2)19(3)18-7)13(17-16)9-4-10(14)6-11(15)5-9/h4-6,13,17H,16H2,1-3H3. The molecule has 19 heavy (non-hydrogen) atoms. The zero-order valence-electron chi connectivity index (χ0n) is 11.0. The minimum Gasteiger partial charge on any atom is -0.272 e. The van der Waals surface area contributed by atoms with Crippen LogP contribution in [-0.4, -0.2) is 9.78 Å². The second-order valence-corrected chi connectivity index (χ2v) is 4.51. The van der Waals surface area contributed by atoms with Crippen molar-refractivity contribution in [2.75, 3.05) is 0 Å². The van der Waals surface area contributed by atoms with E-state index < -0.39 is 17.7 Å². The van der Waals surface area contributed by atoms with Crippen molar-refractivity contribution in [3.8, 4) is 0 Å². The van der Waals surface area contributed by atoms with Crippen LogP contribution in [-0.2, 0) is 7.05 Å². The first kappa shape index (κ1) is 13.6. The lowest BCUT2D eigenvalue weighted by atomic mass is 9.97. The average molecular weight is 266 g/mol. The molecule has 3 N–H and O–H groups in total. The minimum absolute atomic E-state index is 0.430. The van der Waals surface area contributed by atoms with Gasteiger partial charge < -0.3 is 0 Å². The van der Waals surface area contributed by atoms with Crippen molar-refractivity contribution < 1.29 is 8.78 Å². The van der Waals surface area contributed by atoms with Gasteiger partial charge in [-0.05, 0) is 31.5 Å². The summed E-state index contributed by atoms with van der Waals surface area (Å²) in [7, 11) is 1.81. The van der Waals surface area contributed by atoms with Crippen LogP contribution in [0.1, 0.15) is 28.6 Å². The van der Waals surface area contributed by atoms with Gasteiger partial charge in [0.25, 0.3) is 0 Å². The molecule has 2 aromatic rings. The minimum atomic E-state index is -0.630. The Morgan fingerprint density at radius 2 is 1.79 bits per heavy atom. The summed E-state index contributed by atoms with van der Waals surface area (Å²) < 4.78 is 28.3. The number of nitrogens with one attached hydrogen (secondary N) is 1. The van der Waals surface area contributed by atoms with Crippen molar-refractivity contribution in [1.29, 1.82) is 0 Å². The number of rotatable bonds is 3. The van der Waals surface area contributed by atoms with Crippen LogP contribution in [0, 0.1) is 25.5 Å². The first-order valence-corrected chi connectivity index (χ1v) is 5.86. The fourth-order valence-corrected chi connectivity index (χ4v) is 2.30. The Balaban J connectivity index is 2.56. The van der Waals surface area contributed by atoms with Crippen LogP contribution in [0.2, 0.25) is 0 Å². The third-order valence-corrected chi connectivity index (χ3v) is 3.24. The molecular formula is C13H16F2N4. The molecule has 0 spiro atoms. The largest absolute Gasteiger partial charge is 0.272 e. The summed E-state index contributed by atoms with van der Waals surface area (Å²) in [6, 6.07) is 2.86. The molecule has 1 aromatic heterocycles. The highest BCUT2D eigenvalue weighted by atomic mass is 19.1. The van der Waals surface area contributed by atoms with Gasteiger partial charge >= 0.3 is 0 Å². The van der Waals surface area contributed by atoms with E-state index in [9.17, 15) is 8.78 Å². The highest BCUT2D eigenvalue weighted by molar-refractivity contribution is 5.37. The summed E-state index contributed by atoms with van der Waals surface area (Å²) in [4.78, 5) is 0. The van der Waals surface area contributed by atoms with Gasteiger partial charge in [-0.25, -0.2) is 14.2 Å². The van der Waals surface area contributed by atoms with Crippen LogP contribution >= 0.6 is 0 Å². The number of nitrogens with two attached hydrogens (primary N) is 1. The molecule has 2 rings (SSSR count). The van der Waals surface area contributed by atoms with E-state index in [0.29, 0.717) is 5.56 Å². The molecule has 0 fully saturated rings. The molecule has 1 unspecified atom stereocenters. The van der Waals surface area contributed by atoms with Gasteiger partial charge in [0.2, 0.25) is 0 Å². The molecule has 102 valence electrons. The lowest BCUT2D eigenvalue weighted by Crippen LogP contribution is -2.29. The van der Waals surface area contributed by atoms with Crippen LogP contribution in [0.5, 0.6) is 0 Å². The Bertz CT molecular complexity index is 587. The molecule has 0 saturated carbocycles. The predicted molar refractivity (Wildman–Crippen MR) is 68.2 cm³/mol. The van der Waals surface area contributed by atoms with E-state index in [1.54, 1.807) is 4.68 Å². The van der Waals surface area contributed by atoms with E-state index in [-0.39, 0.29) is 0 Å². The van der Waals surface area contributed by atoms with E-state index in [2.05, 4.69) is 10.5 Å². The predicted octanol–water partition coefficient (Wildman–Crippen LogP) is 1.87. The molecule has 1 heterocycles. The SMILES string of the molecule is Cc1nn(C)c(C)c1C(NN)c1cc(F)cc(F)c1. The summed E-state index contributed by atoms with van der Waals surface area (Å²) in [6.45, 7) is 3.72. The van der Waals surface area contributed by atoms with Gasteiger partial charge in [0, 0.05) is 24.4 Å². The van der Waals surface area contributed by atoms with Gasteiger partial charge in [-0.1, -0.05) is 0 Å². The fraction of sp³-hybridized carbons (Fsp3) is 0.308. The second-order valence-electron chi connectivity index (χ2n) is 4.51. The molecule has 0 saturated heterocycles. The number of hydrazine groups is 1. The topological polar surface area (TPSA) is 55.9 Å². The summed E-state index contributed by atoms with van der Waals surface area (Å²) in [5.41, 5.74) is 5.52. The summed E-state index contributed by atoms with van der Waals surface area (Å²) >= 11 is 0. The molecule has 0 amide bonds. The maximum atomic E-state index is 13.3. The number of benzene rings is 1. The molecular weight excluding hydrogens is 250 g/mol. The Labute approximate surface area is 110 Å². The maximum absolute atomic E-state index is 13.3. The van der Waals surface area contributed by atoms with E-state index >= 15 is 0 Å². The summed E-state index contributed by atoms with van der Waals surface area (Å²) in [5.74, 6) is 4.29. The van der Waals surface area contributed by atoms with Crippen molar-refractivity contribution in [1.82, 2.24) is 15.2 Å². The van der Waals surface area contributed by atoms with Gasteiger partial charge in [-0.2, -0.15) is 5.10 Å². The van der Waals surface area contributed by atoms with Crippen molar-refractivity contribution in [2.45, 2.75) is 19.9 Å². The molecule has 0 bridgehead atoms. The van der Waals surface area contributed by atoms with E-state index in [4.69, 9.17) is 5.84 Å². The van der Waals surface area contributed by atoms with Gasteiger partial charge in [0.1, 0.15) is 11.6 Å². The third-order valence-electron chi connectivity index (χ3n) is 3.24. The normalized spacial score (nSPS) is 12.7. The number of nitrogens with zero attached hydrogens (tertiary/aromatic N) is 2. The molecule has 1 atom stereocenters. The van der Waals surface area contributed by atoms with Gasteiger partial charge in [0.15, 0.2) is 0 Å². The zero-order valence-corrected chi connectivity index (χ0v) is 11.0. The van der Waals surface area contributed by atoms with E-state index in [0.717, 1.165) is 23.0 Å². The van der Waals surface area contributed by atoms with Crippen molar-refractivity contribution >= 4 is 0 Å². The fourth-order valence-electron chi connectivity index (χ4n) is 2.30. The summed E-state index contributed by atoms with van der Waals surface area (Å²) in [6.07, 6.45) is 0. The molecule has 0 radical (unpaired) electrons. The Morgan fingerprint density at radius 3 is 2.21 bits per heavy atom. The molecule has 4 nitrogen and oxygen atoms in total. The monoisotopic (exact) mass is 266 g/mol. The Morgan fingerprint density at radius 1 is 1.21 bits per heavy atom. The number of hydrogen-bond acceptors (Lipinski definition) is 3. The molecule has 0 aliphatic carbocycles. The van der Waals surface area contributed by atoms with Gasteiger partial charge in [0.05, 0.1) is 11.7 Å². The molecule has 0 aliphatic heterocycles. The number of halogens is 2. The number of aromatic nitrogens is 2. The maximum Gasteiger partial charge on any atom is 0.126 e. The van der Waals surface area contributed by atoms with Crippen molar-refractivity contribution in [3.05, 3.63) is 52.3 Å². The van der Waals surface area contributed by atoms with E-state index in [1.165, 1.54) is 12.1 Å². The van der Waals surface area contributed by atoms with Crippen molar-refractivity contribution in [2.24, 2.45) is 12.9 Å². The van der Waals surface area contributed by atoms with Gasteiger partial charge in [-0.15, -0.1) is 0 Å². The first-order valence-electron chi connectivity index (χ1n) is 5.86. The van der Waals surface area contributed by atoms with Crippen LogP contribution in [0.4, 0.5) is 8.78 Å². The van der Waals surface area contributed by atoms with E-state index in [1.807, 2.05) is 20.9 Å². The highest BCUT2D eigenvalue weighted by Crippen LogP contribution is 2.27. The second kappa shape index (κ2) is 5.07. The first-order chi connectivity index (χ1) is 8.93. The number of hydrogen-bond donors (Lipinski definition) is 2. The Hall–Kier alpha value is -1.79.